The van der Waals surface area contributed by atoms with E-state index >= 15 is 0 Å². The van der Waals surface area contributed by atoms with Crippen molar-refractivity contribution in [2.75, 3.05) is 18.4 Å². The largest absolute Gasteiger partial charge is 0.365 e. The molecule has 2 N–H and O–H groups in total. The molecule has 1 aliphatic heterocycles. The van der Waals surface area contributed by atoms with Crippen molar-refractivity contribution in [1.29, 1.82) is 0 Å². The number of rotatable bonds is 3. The number of anilines is 1. The molecule has 0 saturated carbocycles. The lowest BCUT2D eigenvalue weighted by Crippen LogP contribution is -2.38. The maximum absolute atomic E-state index is 4.25. The second-order valence-corrected chi connectivity index (χ2v) is 4.73. The zero-order valence-corrected chi connectivity index (χ0v) is 10.7. The molecule has 1 atom stereocenters. The zero-order chi connectivity index (χ0) is 12.9. The van der Waals surface area contributed by atoms with Crippen LogP contribution in [0.3, 0.4) is 0 Å². The third kappa shape index (κ3) is 3.06. The number of nitrogens with zero attached hydrogens (tertiary/aromatic N) is 3. The normalized spacial score (nSPS) is 19.1. The van der Waals surface area contributed by atoms with Crippen LogP contribution < -0.4 is 10.6 Å². The Morgan fingerprint density at radius 2 is 2.00 bits per heavy atom. The molecule has 1 saturated heterocycles. The molecule has 1 fully saturated rings. The number of pyridine rings is 1. The Morgan fingerprint density at radius 1 is 1.11 bits per heavy atom. The van der Waals surface area contributed by atoms with Gasteiger partial charge < -0.3 is 10.6 Å². The van der Waals surface area contributed by atoms with Gasteiger partial charge in [-0.2, -0.15) is 0 Å². The molecular weight excluding hydrogens is 238 g/mol. The van der Waals surface area contributed by atoms with Crippen LogP contribution in [0.4, 0.5) is 5.82 Å². The van der Waals surface area contributed by atoms with Gasteiger partial charge in [0.05, 0.1) is 5.69 Å². The van der Waals surface area contributed by atoms with E-state index in [2.05, 4.69) is 25.8 Å². The smallest absolute Gasteiger partial charge is 0.148 e. The van der Waals surface area contributed by atoms with Crippen molar-refractivity contribution in [3.05, 3.63) is 36.7 Å². The average molecular weight is 255 g/mol. The fourth-order valence-corrected chi connectivity index (χ4v) is 2.27. The number of aromatic nitrogens is 3. The number of hydrogen-bond donors (Lipinski definition) is 2. The van der Waals surface area contributed by atoms with E-state index in [-0.39, 0.29) is 0 Å². The standard InChI is InChI=1S/C14H17N5/c1-2-12(10-16-7-1)17-14-4-3-13(18-19-14)11-5-8-15-9-6-11/h3-6,8-9,12,16H,1-2,7,10H2,(H,17,19). The second kappa shape index (κ2) is 5.75. The highest BCUT2D eigenvalue weighted by atomic mass is 15.2. The predicted molar refractivity (Wildman–Crippen MR) is 74.8 cm³/mol. The lowest BCUT2D eigenvalue weighted by Gasteiger charge is -2.23. The summed E-state index contributed by atoms with van der Waals surface area (Å²) in [7, 11) is 0. The van der Waals surface area contributed by atoms with Crippen LogP contribution in [-0.4, -0.2) is 34.3 Å². The Kier molecular flexibility index (Phi) is 3.65. The quantitative estimate of drug-likeness (QED) is 0.874. The molecular formula is C14H17N5. The molecule has 1 aliphatic rings. The van der Waals surface area contributed by atoms with E-state index in [1.54, 1.807) is 12.4 Å². The first-order chi connectivity index (χ1) is 9.42. The van der Waals surface area contributed by atoms with Crippen LogP contribution in [-0.2, 0) is 0 Å². The van der Waals surface area contributed by atoms with Gasteiger partial charge >= 0.3 is 0 Å². The van der Waals surface area contributed by atoms with Gasteiger partial charge in [-0.25, -0.2) is 0 Å². The molecule has 5 heteroatoms. The summed E-state index contributed by atoms with van der Waals surface area (Å²) in [5.74, 6) is 0.839. The summed E-state index contributed by atoms with van der Waals surface area (Å²) in [6.45, 7) is 2.11. The van der Waals surface area contributed by atoms with E-state index in [9.17, 15) is 0 Å². The minimum atomic E-state index is 0.454. The van der Waals surface area contributed by atoms with Crippen molar-refractivity contribution in [1.82, 2.24) is 20.5 Å². The second-order valence-electron chi connectivity index (χ2n) is 4.73. The highest BCUT2D eigenvalue weighted by Gasteiger charge is 2.13. The van der Waals surface area contributed by atoms with Crippen LogP contribution >= 0.6 is 0 Å². The molecule has 3 heterocycles. The molecule has 0 radical (unpaired) electrons. The minimum Gasteiger partial charge on any atom is -0.365 e. The molecule has 3 rings (SSSR count). The number of hydrogen-bond acceptors (Lipinski definition) is 5. The van der Waals surface area contributed by atoms with E-state index in [0.29, 0.717) is 6.04 Å². The molecule has 0 amide bonds. The first-order valence-corrected chi connectivity index (χ1v) is 6.63. The van der Waals surface area contributed by atoms with E-state index in [4.69, 9.17) is 0 Å². The molecule has 0 aliphatic carbocycles. The Labute approximate surface area is 112 Å². The Bertz CT molecular complexity index is 505. The summed E-state index contributed by atoms with van der Waals surface area (Å²) in [5, 5.41) is 15.3. The van der Waals surface area contributed by atoms with Gasteiger partial charge in [0.2, 0.25) is 0 Å². The van der Waals surface area contributed by atoms with Gasteiger partial charge in [-0.3, -0.25) is 4.98 Å². The molecule has 0 bridgehead atoms. The van der Waals surface area contributed by atoms with E-state index in [1.807, 2.05) is 24.3 Å². The van der Waals surface area contributed by atoms with E-state index in [1.165, 1.54) is 12.8 Å². The van der Waals surface area contributed by atoms with Crippen LogP contribution in [0.15, 0.2) is 36.7 Å². The first kappa shape index (κ1) is 12.0. The first-order valence-electron chi connectivity index (χ1n) is 6.63. The molecule has 1 unspecified atom stereocenters. The summed E-state index contributed by atoms with van der Waals surface area (Å²) in [6.07, 6.45) is 5.91. The summed E-state index contributed by atoms with van der Waals surface area (Å²) in [4.78, 5) is 4.00. The van der Waals surface area contributed by atoms with Gasteiger partial charge in [-0.1, -0.05) is 0 Å². The molecule has 2 aromatic rings. The van der Waals surface area contributed by atoms with Crippen molar-refractivity contribution in [3.63, 3.8) is 0 Å². The van der Waals surface area contributed by atoms with Crippen molar-refractivity contribution in [2.24, 2.45) is 0 Å². The maximum Gasteiger partial charge on any atom is 0.148 e. The third-order valence-corrected chi connectivity index (χ3v) is 3.29. The average Bonchev–Trinajstić information content (AvgIpc) is 2.50. The van der Waals surface area contributed by atoms with Crippen molar-refractivity contribution in [3.8, 4) is 11.3 Å². The lowest BCUT2D eigenvalue weighted by molar-refractivity contribution is 0.478. The van der Waals surface area contributed by atoms with Crippen LogP contribution in [0, 0.1) is 0 Å². The van der Waals surface area contributed by atoms with Crippen LogP contribution in [0.25, 0.3) is 11.3 Å². The maximum atomic E-state index is 4.25. The predicted octanol–water partition coefficient (Wildman–Crippen LogP) is 1.70. The Hall–Kier alpha value is -2.01. The van der Waals surface area contributed by atoms with E-state index in [0.717, 1.165) is 30.2 Å². The molecule has 19 heavy (non-hydrogen) atoms. The zero-order valence-electron chi connectivity index (χ0n) is 10.7. The SMILES string of the molecule is c1cc(-c2ccc(NC3CCCNC3)nn2)ccn1. The van der Waals surface area contributed by atoms with Crippen LogP contribution in [0.5, 0.6) is 0 Å². The lowest BCUT2D eigenvalue weighted by atomic mass is 10.1. The summed E-state index contributed by atoms with van der Waals surface area (Å²) >= 11 is 0. The molecule has 98 valence electrons. The molecule has 2 aromatic heterocycles. The Balaban J connectivity index is 1.68. The summed E-state index contributed by atoms with van der Waals surface area (Å²) < 4.78 is 0. The fourth-order valence-electron chi connectivity index (χ4n) is 2.27. The monoisotopic (exact) mass is 255 g/mol. The summed E-state index contributed by atoms with van der Waals surface area (Å²) in [6, 6.07) is 8.29. The number of nitrogens with one attached hydrogen (secondary N) is 2. The van der Waals surface area contributed by atoms with Crippen molar-refractivity contribution in [2.45, 2.75) is 18.9 Å². The molecule has 5 nitrogen and oxygen atoms in total. The highest BCUT2D eigenvalue weighted by molar-refractivity contribution is 5.58. The van der Waals surface area contributed by atoms with Crippen molar-refractivity contribution < 1.29 is 0 Å². The van der Waals surface area contributed by atoms with E-state index < -0.39 is 0 Å². The van der Waals surface area contributed by atoms with Gasteiger partial charge in [-0.05, 0) is 43.7 Å². The van der Waals surface area contributed by atoms with Gasteiger partial charge in [-0.15, -0.1) is 10.2 Å². The Morgan fingerprint density at radius 3 is 2.68 bits per heavy atom. The highest BCUT2D eigenvalue weighted by Crippen LogP contribution is 2.16. The van der Waals surface area contributed by atoms with Crippen molar-refractivity contribution >= 4 is 5.82 Å². The number of piperidine rings is 1. The van der Waals surface area contributed by atoms with Gasteiger partial charge in [0, 0.05) is 30.5 Å². The van der Waals surface area contributed by atoms with Gasteiger partial charge in [0.25, 0.3) is 0 Å². The fraction of sp³-hybridized carbons (Fsp3) is 0.357. The summed E-state index contributed by atoms with van der Waals surface area (Å²) in [5.41, 5.74) is 1.91. The minimum absolute atomic E-state index is 0.454. The van der Waals surface area contributed by atoms with Gasteiger partial charge in [0.1, 0.15) is 5.82 Å². The molecule has 0 aromatic carbocycles. The van der Waals surface area contributed by atoms with Crippen LogP contribution in [0.2, 0.25) is 0 Å². The third-order valence-electron chi connectivity index (χ3n) is 3.29. The van der Waals surface area contributed by atoms with Gasteiger partial charge in [0.15, 0.2) is 0 Å². The topological polar surface area (TPSA) is 62.7 Å². The molecule has 0 spiro atoms. The van der Waals surface area contributed by atoms with Crippen LogP contribution in [0.1, 0.15) is 12.8 Å².